The van der Waals surface area contributed by atoms with Crippen molar-refractivity contribution in [2.24, 2.45) is 29.1 Å². The maximum absolute atomic E-state index is 12.9. The average Bonchev–Trinajstić information content (AvgIpc) is 3.31. The highest BCUT2D eigenvalue weighted by Crippen LogP contribution is 2.45. The smallest absolute Gasteiger partial charge is 0.311 e. The number of aromatic amines is 1. The Morgan fingerprint density at radius 3 is 2.67 bits per heavy atom. The van der Waals surface area contributed by atoms with E-state index < -0.39 is 17.6 Å². The highest BCUT2D eigenvalue weighted by atomic mass is 16.5. The first kappa shape index (κ1) is 28.2. The molecule has 0 spiro atoms. The topological polar surface area (TPSA) is 138 Å². The fraction of sp³-hybridized carbons (Fsp3) is 0.741. The van der Waals surface area contributed by atoms with Crippen molar-refractivity contribution < 1.29 is 24.5 Å². The summed E-state index contributed by atoms with van der Waals surface area (Å²) in [5.74, 6) is 0.827. The van der Waals surface area contributed by atoms with Gasteiger partial charge < -0.3 is 14.9 Å². The lowest BCUT2D eigenvalue weighted by atomic mass is 9.65. The van der Waals surface area contributed by atoms with Gasteiger partial charge in [0.15, 0.2) is 5.82 Å². The van der Waals surface area contributed by atoms with Crippen molar-refractivity contribution in [1.29, 1.82) is 0 Å². The predicted molar refractivity (Wildman–Crippen MR) is 134 cm³/mol. The maximum Gasteiger partial charge on any atom is 0.311 e. The number of H-pyrrole nitrogens is 1. The summed E-state index contributed by atoms with van der Waals surface area (Å²) in [6.07, 6.45) is 7.61. The molecule has 200 valence electrons. The average molecular weight is 503 g/mol. The normalized spacial score (nSPS) is 27.6. The Morgan fingerprint density at radius 2 is 2.00 bits per heavy atom. The molecule has 0 saturated heterocycles. The van der Waals surface area contributed by atoms with Gasteiger partial charge in [0.25, 0.3) is 0 Å². The van der Waals surface area contributed by atoms with Gasteiger partial charge in [-0.15, -0.1) is 10.2 Å². The van der Waals surface area contributed by atoms with Crippen LogP contribution in [0.4, 0.5) is 0 Å². The molecular weight excluding hydrogens is 460 g/mol. The highest BCUT2D eigenvalue weighted by Gasteiger charge is 2.42. The Balaban J connectivity index is 1.60. The zero-order chi connectivity index (χ0) is 26.5. The largest absolute Gasteiger partial charge is 0.461 e. The molecule has 36 heavy (non-hydrogen) atoms. The quantitative estimate of drug-likeness (QED) is 0.370. The number of ether oxygens (including phenoxy) is 1. The first-order valence-corrected chi connectivity index (χ1v) is 13.2. The number of aliphatic hydroxyl groups is 2. The van der Waals surface area contributed by atoms with Crippen molar-refractivity contribution >= 4 is 11.8 Å². The van der Waals surface area contributed by atoms with Crippen LogP contribution in [-0.4, -0.2) is 60.9 Å². The molecule has 3 N–H and O–H groups in total. The number of esters is 1. The van der Waals surface area contributed by atoms with Gasteiger partial charge in [-0.05, 0) is 69.3 Å². The van der Waals surface area contributed by atoms with Crippen LogP contribution >= 0.6 is 0 Å². The molecule has 0 bridgehead atoms. The van der Waals surface area contributed by atoms with Crippen molar-refractivity contribution in [3.63, 3.8) is 0 Å². The van der Waals surface area contributed by atoms with Gasteiger partial charge in [-0.25, -0.2) is 0 Å². The van der Waals surface area contributed by atoms with Gasteiger partial charge in [-0.2, -0.15) is 5.21 Å². The molecule has 2 aliphatic rings. The van der Waals surface area contributed by atoms with Gasteiger partial charge in [-0.3, -0.25) is 9.59 Å². The Kier molecular flexibility index (Phi) is 9.58. The van der Waals surface area contributed by atoms with Crippen molar-refractivity contribution in [2.75, 3.05) is 0 Å². The number of rotatable bonds is 12. The summed E-state index contributed by atoms with van der Waals surface area (Å²) in [5, 5.41) is 34.2. The monoisotopic (exact) mass is 502 g/mol. The van der Waals surface area contributed by atoms with Crippen LogP contribution in [0.5, 0.6) is 0 Å². The number of carbonyl (C=O) groups is 2. The number of carbonyl (C=O) groups excluding carboxylic acids is 2. The molecule has 7 atom stereocenters. The van der Waals surface area contributed by atoms with Crippen molar-refractivity contribution in [1.82, 2.24) is 20.6 Å². The van der Waals surface area contributed by atoms with Crippen LogP contribution in [0.1, 0.15) is 79.0 Å². The molecule has 0 amide bonds. The van der Waals surface area contributed by atoms with E-state index in [1.165, 1.54) is 5.57 Å². The van der Waals surface area contributed by atoms with E-state index in [1.807, 2.05) is 20.8 Å². The van der Waals surface area contributed by atoms with Gasteiger partial charge in [-0.1, -0.05) is 44.2 Å². The lowest BCUT2D eigenvalue weighted by Crippen LogP contribution is -2.43. The molecular formula is C27H42N4O5. The van der Waals surface area contributed by atoms with E-state index in [9.17, 15) is 19.8 Å². The lowest BCUT2D eigenvalue weighted by Gasteiger charge is -2.44. The fourth-order valence-corrected chi connectivity index (χ4v) is 5.33. The van der Waals surface area contributed by atoms with Crippen LogP contribution in [0.15, 0.2) is 23.8 Å². The highest BCUT2D eigenvalue weighted by molar-refractivity contribution is 5.80. The molecule has 0 aliphatic heterocycles. The van der Waals surface area contributed by atoms with E-state index >= 15 is 0 Å². The van der Waals surface area contributed by atoms with Crippen LogP contribution in [-0.2, 0) is 20.7 Å². The summed E-state index contributed by atoms with van der Waals surface area (Å²) in [7, 11) is 0. The number of hydrogen-bond acceptors (Lipinski definition) is 8. The number of tetrazole rings is 1. The number of nitrogens with zero attached hydrogens (tertiary/aromatic N) is 3. The molecule has 1 aromatic rings. The van der Waals surface area contributed by atoms with E-state index in [-0.39, 0.29) is 60.7 Å². The Morgan fingerprint density at radius 1 is 1.25 bits per heavy atom. The summed E-state index contributed by atoms with van der Waals surface area (Å²) in [6, 6.07) is 0. The second-order valence-corrected chi connectivity index (χ2v) is 11.3. The molecule has 0 saturated carbocycles. The third kappa shape index (κ3) is 7.32. The molecule has 1 aromatic heterocycles. The van der Waals surface area contributed by atoms with Crippen LogP contribution in [0.3, 0.4) is 0 Å². The number of aliphatic hydroxyl groups excluding tert-OH is 2. The van der Waals surface area contributed by atoms with E-state index in [0.29, 0.717) is 18.8 Å². The van der Waals surface area contributed by atoms with Gasteiger partial charge in [0, 0.05) is 12.3 Å². The Labute approximate surface area is 213 Å². The minimum atomic E-state index is -0.931. The number of nitrogens with one attached hydrogen (secondary N) is 1. The first-order chi connectivity index (χ1) is 17.0. The van der Waals surface area contributed by atoms with Gasteiger partial charge in [0.05, 0.1) is 24.0 Å². The van der Waals surface area contributed by atoms with Crippen LogP contribution < -0.4 is 0 Å². The molecule has 1 heterocycles. The summed E-state index contributed by atoms with van der Waals surface area (Å²) >= 11 is 0. The third-order valence-corrected chi connectivity index (χ3v) is 7.88. The van der Waals surface area contributed by atoms with Gasteiger partial charge >= 0.3 is 5.97 Å². The predicted octanol–water partition coefficient (Wildman–Crippen LogP) is 3.35. The number of ketones is 1. The van der Waals surface area contributed by atoms with E-state index in [1.54, 1.807) is 0 Å². The summed E-state index contributed by atoms with van der Waals surface area (Å²) < 4.78 is 6.15. The summed E-state index contributed by atoms with van der Waals surface area (Å²) in [6.45, 7) is 10.2. The standard InChI is InChI=1S/C27H42N4O5/c1-6-27(4,5)26(35)36-23-12-16(2)11-18-8-7-17(3)22(25(18)23)10-9-19(32)13-20(33)14-21(34)15-24-28-30-31-29-24/h7-8,11,16-17,19-20,22-23,25,32-33H,6,9-10,12-15H2,1-5H3,(H,28,29,30,31)/t16-,17-,19+,20+,22-,23-,25-/m0/s1. The first-order valence-electron chi connectivity index (χ1n) is 13.2. The number of allylic oxidation sites excluding steroid dienone is 3. The van der Waals surface area contributed by atoms with Crippen LogP contribution in [0.25, 0.3) is 0 Å². The SMILES string of the molecule is CCC(C)(C)C(=O)O[C@H]1C[C@@H](C)C=C2C=C[C@H](C)[C@H](CC[C@@H](O)C[C@@H](O)CC(=O)Cc3nn[nH]n3)[C@H]21. The minimum absolute atomic E-state index is 0.000259. The molecule has 9 nitrogen and oxygen atoms in total. The van der Waals surface area contributed by atoms with Gasteiger partial charge in [0.2, 0.25) is 0 Å². The number of hydrogen-bond donors (Lipinski definition) is 3. The number of fused-ring (bicyclic) bond motifs is 1. The van der Waals surface area contributed by atoms with E-state index in [0.717, 1.165) is 12.8 Å². The van der Waals surface area contributed by atoms with Gasteiger partial charge in [0.1, 0.15) is 11.9 Å². The Bertz CT molecular complexity index is 942. The maximum atomic E-state index is 12.9. The molecule has 0 unspecified atom stereocenters. The fourth-order valence-electron chi connectivity index (χ4n) is 5.33. The number of Topliss-reactive ketones (excluding diaryl/α,β-unsaturated/α-hetero) is 1. The van der Waals surface area contributed by atoms with Crippen molar-refractivity contribution in [3.05, 3.63) is 29.6 Å². The molecule has 3 rings (SSSR count). The summed E-state index contributed by atoms with van der Waals surface area (Å²) in [4.78, 5) is 25.1. The molecule has 9 heteroatoms. The molecule has 0 aromatic carbocycles. The van der Waals surface area contributed by atoms with Crippen molar-refractivity contribution in [3.8, 4) is 0 Å². The summed E-state index contributed by atoms with van der Waals surface area (Å²) in [5.41, 5.74) is 0.689. The molecule has 0 radical (unpaired) electrons. The second-order valence-electron chi connectivity index (χ2n) is 11.3. The van der Waals surface area contributed by atoms with E-state index in [4.69, 9.17) is 4.74 Å². The van der Waals surface area contributed by atoms with Crippen LogP contribution in [0, 0.1) is 29.1 Å². The second kappa shape index (κ2) is 12.2. The third-order valence-electron chi connectivity index (χ3n) is 7.88. The molecule has 2 aliphatic carbocycles. The molecule has 0 fully saturated rings. The number of aromatic nitrogens is 4. The van der Waals surface area contributed by atoms with Crippen molar-refractivity contribution in [2.45, 2.75) is 97.9 Å². The minimum Gasteiger partial charge on any atom is -0.461 e. The lowest BCUT2D eigenvalue weighted by molar-refractivity contribution is -0.164. The Hall–Kier alpha value is -2.39. The zero-order valence-electron chi connectivity index (χ0n) is 22.2. The zero-order valence-corrected chi connectivity index (χ0v) is 22.2. The van der Waals surface area contributed by atoms with E-state index in [2.05, 4.69) is 52.7 Å². The van der Waals surface area contributed by atoms with Crippen LogP contribution in [0.2, 0.25) is 0 Å².